The average molecular weight is 264 g/mol. The molecular formula is C12H16N4O3. The number of rotatable bonds is 5. The molecule has 0 aliphatic rings. The summed E-state index contributed by atoms with van der Waals surface area (Å²) in [5.74, 6) is 0.491. The third-order valence-electron chi connectivity index (χ3n) is 2.77. The van der Waals surface area contributed by atoms with Crippen molar-refractivity contribution < 1.29 is 14.1 Å². The molecule has 0 aliphatic heterocycles. The van der Waals surface area contributed by atoms with Gasteiger partial charge < -0.3 is 9.26 Å². The highest BCUT2D eigenvalue weighted by Crippen LogP contribution is 2.09. The predicted molar refractivity (Wildman–Crippen MR) is 65.4 cm³/mol. The lowest BCUT2D eigenvalue weighted by molar-refractivity contribution is 0.0429. The van der Waals surface area contributed by atoms with Gasteiger partial charge in [-0.15, -0.1) is 0 Å². The lowest BCUT2D eigenvalue weighted by atomic mass is 10.3. The molecule has 0 aliphatic carbocycles. The lowest BCUT2D eigenvalue weighted by Gasteiger charge is -2.00. The number of hydrogen-bond acceptors (Lipinski definition) is 6. The summed E-state index contributed by atoms with van der Waals surface area (Å²) in [5.41, 5.74) is 1.19. The molecule has 19 heavy (non-hydrogen) atoms. The van der Waals surface area contributed by atoms with Crippen molar-refractivity contribution in [3.05, 3.63) is 29.2 Å². The van der Waals surface area contributed by atoms with E-state index in [4.69, 9.17) is 9.26 Å². The predicted octanol–water partition coefficient (Wildman–Crippen LogP) is 1.42. The van der Waals surface area contributed by atoms with Gasteiger partial charge in [0.2, 0.25) is 0 Å². The van der Waals surface area contributed by atoms with Gasteiger partial charge in [-0.2, -0.15) is 10.1 Å². The van der Waals surface area contributed by atoms with Crippen LogP contribution < -0.4 is 0 Å². The van der Waals surface area contributed by atoms with Gasteiger partial charge >= 0.3 is 5.97 Å². The number of carbonyl (C=O) groups is 1. The highest BCUT2D eigenvalue weighted by atomic mass is 16.6. The quantitative estimate of drug-likeness (QED) is 0.759. The maximum absolute atomic E-state index is 11.8. The molecule has 0 aromatic carbocycles. The highest BCUT2D eigenvalue weighted by molar-refractivity contribution is 5.90. The number of esters is 1. The van der Waals surface area contributed by atoms with E-state index in [0.29, 0.717) is 17.3 Å². The van der Waals surface area contributed by atoms with Crippen molar-refractivity contribution >= 4 is 5.97 Å². The van der Waals surface area contributed by atoms with Gasteiger partial charge in [0, 0.05) is 19.2 Å². The van der Waals surface area contributed by atoms with E-state index >= 15 is 0 Å². The number of ether oxygens (including phenoxy) is 1. The third kappa shape index (κ3) is 2.98. The first-order valence-electron chi connectivity index (χ1n) is 6.09. The van der Waals surface area contributed by atoms with Gasteiger partial charge in [-0.3, -0.25) is 4.68 Å². The second kappa shape index (κ2) is 5.64. The topological polar surface area (TPSA) is 83.0 Å². The monoisotopic (exact) mass is 264 g/mol. The lowest BCUT2D eigenvalue weighted by Crippen LogP contribution is -2.07. The molecule has 2 rings (SSSR count). The van der Waals surface area contributed by atoms with Crippen LogP contribution in [0.3, 0.4) is 0 Å². The SMILES string of the molecule is CCCc1noc(COC(=O)c2cnn(C)c2C)n1. The van der Waals surface area contributed by atoms with Crippen LogP contribution in [0.1, 0.15) is 41.1 Å². The first kappa shape index (κ1) is 13.3. The molecule has 2 aromatic heterocycles. The van der Waals surface area contributed by atoms with E-state index in [1.165, 1.54) is 6.20 Å². The Labute approximate surface area is 110 Å². The summed E-state index contributed by atoms with van der Waals surface area (Å²) in [4.78, 5) is 15.9. The molecule has 0 N–H and O–H groups in total. The Balaban J connectivity index is 1.94. The van der Waals surface area contributed by atoms with Gasteiger partial charge in [0.15, 0.2) is 12.4 Å². The molecule has 102 valence electrons. The van der Waals surface area contributed by atoms with Crippen molar-refractivity contribution in [1.29, 1.82) is 0 Å². The third-order valence-corrected chi connectivity index (χ3v) is 2.77. The minimum absolute atomic E-state index is 0.0239. The number of carbonyl (C=O) groups excluding carboxylic acids is 1. The Morgan fingerprint density at radius 3 is 2.95 bits per heavy atom. The van der Waals surface area contributed by atoms with Crippen LogP contribution >= 0.6 is 0 Å². The molecule has 0 amide bonds. The number of aryl methyl sites for hydroxylation is 2. The zero-order valence-electron chi connectivity index (χ0n) is 11.2. The molecule has 0 bridgehead atoms. The van der Waals surface area contributed by atoms with Crippen LogP contribution in [0.5, 0.6) is 0 Å². The van der Waals surface area contributed by atoms with Crippen LogP contribution in [0.2, 0.25) is 0 Å². The zero-order chi connectivity index (χ0) is 13.8. The fourth-order valence-corrected chi connectivity index (χ4v) is 1.58. The maximum atomic E-state index is 11.8. The average Bonchev–Trinajstić information content (AvgIpc) is 2.96. The summed E-state index contributed by atoms with van der Waals surface area (Å²) < 4.78 is 11.7. The molecule has 2 heterocycles. The second-order valence-corrected chi connectivity index (χ2v) is 4.20. The summed E-state index contributed by atoms with van der Waals surface area (Å²) in [6, 6.07) is 0. The van der Waals surface area contributed by atoms with Gasteiger partial charge in [0.1, 0.15) is 5.56 Å². The van der Waals surface area contributed by atoms with E-state index in [-0.39, 0.29) is 6.61 Å². The van der Waals surface area contributed by atoms with Gasteiger partial charge in [0.05, 0.1) is 6.20 Å². The van der Waals surface area contributed by atoms with E-state index in [0.717, 1.165) is 18.5 Å². The number of hydrogen-bond donors (Lipinski definition) is 0. The van der Waals surface area contributed by atoms with Crippen LogP contribution in [0.25, 0.3) is 0 Å². The zero-order valence-corrected chi connectivity index (χ0v) is 11.2. The fourth-order valence-electron chi connectivity index (χ4n) is 1.58. The summed E-state index contributed by atoms with van der Waals surface area (Å²) >= 11 is 0. The van der Waals surface area contributed by atoms with Crippen molar-refractivity contribution in [2.45, 2.75) is 33.3 Å². The van der Waals surface area contributed by atoms with Gasteiger partial charge in [-0.05, 0) is 13.3 Å². The van der Waals surface area contributed by atoms with Crippen molar-refractivity contribution in [2.24, 2.45) is 7.05 Å². The second-order valence-electron chi connectivity index (χ2n) is 4.20. The molecule has 7 nitrogen and oxygen atoms in total. The molecule has 0 saturated carbocycles. The minimum Gasteiger partial charge on any atom is -0.452 e. The molecule has 0 saturated heterocycles. The number of aromatic nitrogens is 4. The summed E-state index contributed by atoms with van der Waals surface area (Å²) in [7, 11) is 1.77. The molecule has 2 aromatic rings. The summed E-state index contributed by atoms with van der Waals surface area (Å²) in [6.07, 6.45) is 3.17. The Morgan fingerprint density at radius 2 is 2.32 bits per heavy atom. The Kier molecular flexibility index (Phi) is 3.94. The highest BCUT2D eigenvalue weighted by Gasteiger charge is 2.15. The summed E-state index contributed by atoms with van der Waals surface area (Å²) in [6.45, 7) is 3.81. The molecular weight excluding hydrogens is 248 g/mol. The largest absolute Gasteiger partial charge is 0.452 e. The summed E-state index contributed by atoms with van der Waals surface area (Å²) in [5, 5.41) is 7.77. The normalized spacial score (nSPS) is 10.7. The first-order valence-corrected chi connectivity index (χ1v) is 6.09. The molecule has 0 spiro atoms. The van der Waals surface area contributed by atoms with E-state index in [1.54, 1.807) is 18.7 Å². The Hall–Kier alpha value is -2.18. The smallest absolute Gasteiger partial charge is 0.342 e. The van der Waals surface area contributed by atoms with Crippen LogP contribution in [0.4, 0.5) is 0 Å². The van der Waals surface area contributed by atoms with E-state index in [2.05, 4.69) is 15.2 Å². The van der Waals surface area contributed by atoms with Crippen LogP contribution in [-0.2, 0) is 24.8 Å². The molecule has 0 fully saturated rings. The Morgan fingerprint density at radius 1 is 1.53 bits per heavy atom. The van der Waals surface area contributed by atoms with Gasteiger partial charge in [0.25, 0.3) is 5.89 Å². The maximum Gasteiger partial charge on any atom is 0.342 e. The van der Waals surface area contributed by atoms with E-state index < -0.39 is 5.97 Å². The van der Waals surface area contributed by atoms with E-state index in [1.807, 2.05) is 6.92 Å². The van der Waals surface area contributed by atoms with Crippen LogP contribution in [-0.4, -0.2) is 25.9 Å². The Bertz CT molecular complexity index is 573. The van der Waals surface area contributed by atoms with Crippen molar-refractivity contribution in [3.8, 4) is 0 Å². The molecule has 0 atom stereocenters. The molecule has 0 unspecified atom stereocenters. The van der Waals surface area contributed by atoms with Gasteiger partial charge in [-0.1, -0.05) is 12.1 Å². The van der Waals surface area contributed by atoms with E-state index in [9.17, 15) is 4.79 Å². The standard InChI is InChI=1S/C12H16N4O3/c1-4-5-10-14-11(19-15-10)7-18-12(17)9-6-13-16(3)8(9)2/h6H,4-5,7H2,1-3H3. The molecule has 7 heteroatoms. The molecule has 0 radical (unpaired) electrons. The minimum atomic E-state index is -0.444. The van der Waals surface area contributed by atoms with Crippen molar-refractivity contribution in [3.63, 3.8) is 0 Å². The first-order chi connectivity index (χ1) is 9.11. The number of nitrogens with zero attached hydrogens (tertiary/aromatic N) is 4. The van der Waals surface area contributed by atoms with Crippen LogP contribution in [0.15, 0.2) is 10.7 Å². The fraction of sp³-hybridized carbons (Fsp3) is 0.500. The van der Waals surface area contributed by atoms with Crippen LogP contribution in [0, 0.1) is 6.92 Å². The van der Waals surface area contributed by atoms with Crippen molar-refractivity contribution in [2.75, 3.05) is 0 Å². The van der Waals surface area contributed by atoms with Gasteiger partial charge in [-0.25, -0.2) is 4.79 Å². The van der Waals surface area contributed by atoms with Crippen molar-refractivity contribution in [1.82, 2.24) is 19.9 Å².